The number of rotatable bonds is 1. The fraction of sp³-hybridized carbons (Fsp3) is 0.0909. The first-order valence-electron chi connectivity index (χ1n) is 4.66. The van der Waals surface area contributed by atoms with Crippen molar-refractivity contribution in [1.82, 2.24) is 9.97 Å². The maximum absolute atomic E-state index is 12.1. The van der Waals surface area contributed by atoms with E-state index in [0.29, 0.717) is 11.6 Å². The molecule has 2 rings (SSSR count). The lowest BCUT2D eigenvalue weighted by Gasteiger charge is -2.04. The largest absolute Gasteiger partial charge is 0.504 e. The summed E-state index contributed by atoms with van der Waals surface area (Å²) >= 11 is 0. The van der Waals surface area contributed by atoms with Crippen LogP contribution in [0.4, 0.5) is 13.2 Å². The first-order chi connectivity index (χ1) is 7.97. The highest BCUT2D eigenvalue weighted by Crippen LogP contribution is 2.24. The molecule has 6 heteroatoms. The second-order valence-electron chi connectivity index (χ2n) is 3.31. The minimum absolute atomic E-state index is 0.182. The van der Waals surface area contributed by atoms with Crippen LogP contribution in [0.25, 0.3) is 17.0 Å². The first-order valence-corrected chi connectivity index (χ1v) is 4.66. The zero-order valence-corrected chi connectivity index (χ0v) is 8.44. The molecule has 0 aliphatic carbocycles. The molecule has 17 heavy (non-hydrogen) atoms. The standard InChI is InChI=1S/C11H7F3N2O/c12-11(13,14)9(17)5-10-15-6-7-3-1-2-4-8(7)16-10/h1-6,17H. The zero-order chi connectivity index (χ0) is 12.5. The van der Waals surface area contributed by atoms with E-state index in [9.17, 15) is 13.2 Å². The van der Waals surface area contributed by atoms with Gasteiger partial charge in [-0.3, -0.25) is 0 Å². The molecule has 0 atom stereocenters. The van der Waals surface area contributed by atoms with Gasteiger partial charge in [0.25, 0.3) is 0 Å². The zero-order valence-electron chi connectivity index (χ0n) is 8.44. The average Bonchev–Trinajstić information content (AvgIpc) is 2.27. The first kappa shape index (κ1) is 11.4. The Kier molecular flexibility index (Phi) is 2.71. The van der Waals surface area contributed by atoms with Crippen molar-refractivity contribution in [3.63, 3.8) is 0 Å². The Balaban J connectivity index is 2.44. The molecule has 1 N–H and O–H groups in total. The number of alkyl halides is 3. The lowest BCUT2D eigenvalue weighted by Crippen LogP contribution is -2.11. The Bertz CT molecular complexity index is 578. The van der Waals surface area contributed by atoms with Gasteiger partial charge in [0.05, 0.1) is 5.52 Å². The minimum Gasteiger partial charge on any atom is -0.504 e. The highest BCUT2D eigenvalue weighted by atomic mass is 19.4. The number of para-hydroxylation sites is 1. The van der Waals surface area contributed by atoms with Gasteiger partial charge in [0.1, 0.15) is 0 Å². The van der Waals surface area contributed by atoms with Crippen molar-refractivity contribution in [1.29, 1.82) is 0 Å². The van der Waals surface area contributed by atoms with Gasteiger partial charge >= 0.3 is 6.18 Å². The normalized spacial score (nSPS) is 13.0. The van der Waals surface area contributed by atoms with Crippen molar-refractivity contribution in [2.24, 2.45) is 0 Å². The molecule has 3 nitrogen and oxygen atoms in total. The van der Waals surface area contributed by atoms with Gasteiger partial charge in [-0.15, -0.1) is 0 Å². The quantitative estimate of drug-likeness (QED) is 0.779. The van der Waals surface area contributed by atoms with E-state index in [-0.39, 0.29) is 5.82 Å². The molecule has 2 aromatic rings. The summed E-state index contributed by atoms with van der Waals surface area (Å²) in [4.78, 5) is 7.59. The maximum Gasteiger partial charge on any atom is 0.448 e. The molecule has 0 unspecified atom stereocenters. The summed E-state index contributed by atoms with van der Waals surface area (Å²) in [5.74, 6) is -1.90. The summed E-state index contributed by atoms with van der Waals surface area (Å²) in [7, 11) is 0. The third-order valence-electron chi connectivity index (χ3n) is 2.06. The van der Waals surface area contributed by atoms with E-state index in [1.807, 2.05) is 0 Å². The second-order valence-corrected chi connectivity index (χ2v) is 3.31. The molecule has 0 bridgehead atoms. The van der Waals surface area contributed by atoms with Crippen LogP contribution in [0.1, 0.15) is 5.82 Å². The third-order valence-corrected chi connectivity index (χ3v) is 2.06. The van der Waals surface area contributed by atoms with E-state index < -0.39 is 11.9 Å². The van der Waals surface area contributed by atoms with E-state index in [0.717, 1.165) is 5.39 Å². The molecule has 0 spiro atoms. The van der Waals surface area contributed by atoms with Crippen LogP contribution >= 0.6 is 0 Å². The monoisotopic (exact) mass is 240 g/mol. The SMILES string of the molecule is OC(=Cc1ncc2ccccc2n1)C(F)(F)F. The summed E-state index contributed by atoms with van der Waals surface area (Å²) in [6.07, 6.45) is -2.89. The molecule has 0 saturated carbocycles. The fourth-order valence-electron chi connectivity index (χ4n) is 1.26. The summed E-state index contributed by atoms with van der Waals surface area (Å²) in [6.45, 7) is 0. The summed E-state index contributed by atoms with van der Waals surface area (Å²) in [5.41, 5.74) is 0.517. The van der Waals surface area contributed by atoms with Crippen LogP contribution in [-0.2, 0) is 0 Å². The number of nitrogens with zero attached hydrogens (tertiary/aromatic N) is 2. The minimum atomic E-state index is -4.78. The van der Waals surface area contributed by atoms with E-state index in [4.69, 9.17) is 5.11 Å². The van der Waals surface area contributed by atoms with Gasteiger partial charge < -0.3 is 5.11 Å². The number of benzene rings is 1. The van der Waals surface area contributed by atoms with Crippen molar-refractivity contribution in [3.8, 4) is 0 Å². The van der Waals surface area contributed by atoms with E-state index >= 15 is 0 Å². The number of hydrogen-bond acceptors (Lipinski definition) is 3. The van der Waals surface area contributed by atoms with Crippen LogP contribution in [0.2, 0.25) is 0 Å². The molecule has 0 radical (unpaired) electrons. The van der Waals surface area contributed by atoms with Crippen LogP contribution in [0.5, 0.6) is 0 Å². The number of halogens is 3. The average molecular weight is 240 g/mol. The smallest absolute Gasteiger partial charge is 0.448 e. The van der Waals surface area contributed by atoms with Gasteiger partial charge in [0, 0.05) is 17.7 Å². The van der Waals surface area contributed by atoms with Crippen molar-refractivity contribution < 1.29 is 18.3 Å². The number of aliphatic hydroxyl groups excluding tert-OH is 1. The Morgan fingerprint density at radius 3 is 2.65 bits per heavy atom. The van der Waals surface area contributed by atoms with Gasteiger partial charge in [0.2, 0.25) is 5.76 Å². The summed E-state index contributed by atoms with van der Waals surface area (Å²) < 4.78 is 36.2. The molecule has 1 aromatic carbocycles. The number of fused-ring (bicyclic) bond motifs is 1. The highest BCUT2D eigenvalue weighted by molar-refractivity contribution is 5.78. The van der Waals surface area contributed by atoms with Gasteiger partial charge in [-0.2, -0.15) is 13.2 Å². The molecule has 1 aromatic heterocycles. The predicted octanol–water partition coefficient (Wildman–Crippen LogP) is 3.09. The topological polar surface area (TPSA) is 46.0 Å². The van der Waals surface area contributed by atoms with Crippen molar-refractivity contribution in [3.05, 3.63) is 42.0 Å². The molecular formula is C11H7F3N2O. The van der Waals surface area contributed by atoms with Crippen molar-refractivity contribution >= 4 is 17.0 Å². The van der Waals surface area contributed by atoms with Crippen molar-refractivity contribution in [2.75, 3.05) is 0 Å². The fourth-order valence-corrected chi connectivity index (χ4v) is 1.26. The number of hydrogen-bond donors (Lipinski definition) is 1. The van der Waals surface area contributed by atoms with Crippen LogP contribution in [-0.4, -0.2) is 21.3 Å². The predicted molar refractivity (Wildman–Crippen MR) is 56.2 cm³/mol. The second kappa shape index (κ2) is 4.04. The van der Waals surface area contributed by atoms with Gasteiger partial charge in [-0.1, -0.05) is 18.2 Å². The van der Waals surface area contributed by atoms with Crippen LogP contribution in [0.15, 0.2) is 36.2 Å². The Morgan fingerprint density at radius 2 is 1.94 bits per heavy atom. The molecule has 0 amide bonds. The Morgan fingerprint density at radius 1 is 1.24 bits per heavy atom. The summed E-state index contributed by atoms with van der Waals surface area (Å²) in [5, 5.41) is 9.49. The molecular weight excluding hydrogens is 233 g/mol. The molecule has 88 valence electrons. The van der Waals surface area contributed by atoms with Gasteiger partial charge in [0.15, 0.2) is 5.82 Å². The highest BCUT2D eigenvalue weighted by Gasteiger charge is 2.33. The molecule has 0 fully saturated rings. The van der Waals surface area contributed by atoms with E-state index in [2.05, 4.69) is 9.97 Å². The Labute approximate surface area is 94.2 Å². The Hall–Kier alpha value is -2.11. The van der Waals surface area contributed by atoms with E-state index in [1.165, 1.54) is 6.20 Å². The molecule has 0 saturated heterocycles. The third kappa shape index (κ3) is 2.52. The van der Waals surface area contributed by atoms with Crippen LogP contribution < -0.4 is 0 Å². The summed E-state index contributed by atoms with van der Waals surface area (Å²) in [6, 6.07) is 6.88. The van der Waals surface area contributed by atoms with Crippen molar-refractivity contribution in [2.45, 2.75) is 6.18 Å². The van der Waals surface area contributed by atoms with Gasteiger partial charge in [-0.05, 0) is 6.07 Å². The molecule has 1 heterocycles. The maximum atomic E-state index is 12.1. The van der Waals surface area contributed by atoms with Crippen LogP contribution in [0, 0.1) is 0 Å². The number of aromatic nitrogens is 2. The lowest BCUT2D eigenvalue weighted by molar-refractivity contribution is -0.119. The lowest BCUT2D eigenvalue weighted by atomic mass is 10.2. The van der Waals surface area contributed by atoms with E-state index in [1.54, 1.807) is 24.3 Å². The van der Waals surface area contributed by atoms with Crippen LogP contribution in [0.3, 0.4) is 0 Å². The molecule has 0 aliphatic rings. The van der Waals surface area contributed by atoms with Gasteiger partial charge in [-0.25, -0.2) is 9.97 Å². The molecule has 0 aliphatic heterocycles. The number of aliphatic hydroxyl groups is 1. The number of allylic oxidation sites excluding steroid dienone is 1.